The molecule has 0 aromatic carbocycles. The summed E-state index contributed by atoms with van der Waals surface area (Å²) >= 11 is 0. The van der Waals surface area contributed by atoms with Gasteiger partial charge in [-0.25, -0.2) is 0 Å². The molecular weight excluding hydrogens is 242 g/mol. The summed E-state index contributed by atoms with van der Waals surface area (Å²) in [5.41, 5.74) is -0.410. The SMILES string of the molecule is COc1nc2c(c(=O)n1C)C(CC(=O)O)C(=O)N2. The summed E-state index contributed by atoms with van der Waals surface area (Å²) in [4.78, 5) is 38.3. The summed E-state index contributed by atoms with van der Waals surface area (Å²) in [5.74, 6) is -2.62. The van der Waals surface area contributed by atoms with Crippen molar-refractivity contribution < 1.29 is 19.4 Å². The van der Waals surface area contributed by atoms with Crippen LogP contribution in [-0.2, 0) is 16.6 Å². The van der Waals surface area contributed by atoms with Crippen molar-refractivity contribution in [1.29, 1.82) is 0 Å². The largest absolute Gasteiger partial charge is 0.481 e. The second-order valence-corrected chi connectivity index (χ2v) is 3.86. The molecular formula is C10H11N3O5. The van der Waals surface area contributed by atoms with Gasteiger partial charge < -0.3 is 15.2 Å². The number of nitrogens with zero attached hydrogens (tertiary/aromatic N) is 2. The molecule has 0 bridgehead atoms. The van der Waals surface area contributed by atoms with Gasteiger partial charge in [0.15, 0.2) is 0 Å². The minimum Gasteiger partial charge on any atom is -0.481 e. The van der Waals surface area contributed by atoms with Crippen LogP contribution < -0.4 is 15.6 Å². The molecule has 8 nitrogen and oxygen atoms in total. The van der Waals surface area contributed by atoms with Crippen molar-refractivity contribution >= 4 is 17.7 Å². The monoisotopic (exact) mass is 253 g/mol. The molecule has 1 aromatic rings. The summed E-state index contributed by atoms with van der Waals surface area (Å²) < 4.78 is 6.02. The second-order valence-electron chi connectivity index (χ2n) is 3.86. The number of carboxylic acids is 1. The van der Waals surface area contributed by atoms with Crippen molar-refractivity contribution in [3.8, 4) is 6.01 Å². The number of carbonyl (C=O) groups excluding carboxylic acids is 1. The van der Waals surface area contributed by atoms with Gasteiger partial charge in [-0.1, -0.05) is 0 Å². The number of anilines is 1. The highest BCUT2D eigenvalue weighted by Gasteiger charge is 2.37. The Hall–Kier alpha value is -2.38. The molecule has 18 heavy (non-hydrogen) atoms. The van der Waals surface area contributed by atoms with Gasteiger partial charge in [0, 0.05) is 7.05 Å². The Kier molecular flexibility index (Phi) is 2.77. The fourth-order valence-corrected chi connectivity index (χ4v) is 1.90. The third-order valence-corrected chi connectivity index (χ3v) is 2.75. The molecule has 0 fully saturated rings. The number of carbonyl (C=O) groups is 2. The number of nitrogens with one attached hydrogen (secondary N) is 1. The number of ether oxygens (including phenoxy) is 1. The first-order valence-electron chi connectivity index (χ1n) is 5.13. The number of amides is 1. The fraction of sp³-hybridized carbons (Fsp3) is 0.400. The number of aliphatic carboxylic acids is 1. The molecule has 2 N–H and O–H groups in total. The second kappa shape index (κ2) is 4.13. The van der Waals surface area contributed by atoms with Crippen LogP contribution in [-0.4, -0.2) is 33.6 Å². The van der Waals surface area contributed by atoms with Crippen molar-refractivity contribution in [1.82, 2.24) is 9.55 Å². The Morgan fingerprint density at radius 1 is 1.56 bits per heavy atom. The molecule has 1 aliphatic heterocycles. The molecule has 2 heterocycles. The van der Waals surface area contributed by atoms with Crippen molar-refractivity contribution in [3.63, 3.8) is 0 Å². The van der Waals surface area contributed by atoms with Crippen LogP contribution in [0.1, 0.15) is 17.9 Å². The predicted molar refractivity (Wildman–Crippen MR) is 59.7 cm³/mol. The highest BCUT2D eigenvalue weighted by Crippen LogP contribution is 2.31. The standard InChI is InChI=1S/C10H11N3O5/c1-13-9(17)6-4(3-5(14)15)8(16)11-7(6)12-10(13)18-2/h4H,3H2,1-2H3,(H,11,16)(H,14,15). The lowest BCUT2D eigenvalue weighted by atomic mass is 10.00. The molecule has 1 unspecified atom stereocenters. The van der Waals surface area contributed by atoms with E-state index in [0.29, 0.717) is 0 Å². The molecule has 2 rings (SSSR count). The van der Waals surface area contributed by atoms with E-state index in [2.05, 4.69) is 10.3 Å². The molecule has 1 aliphatic rings. The van der Waals surface area contributed by atoms with Crippen molar-refractivity contribution in [3.05, 3.63) is 15.9 Å². The molecule has 8 heteroatoms. The smallest absolute Gasteiger partial charge is 0.304 e. The Bertz CT molecular complexity index is 592. The number of hydrogen-bond acceptors (Lipinski definition) is 5. The van der Waals surface area contributed by atoms with Crippen LogP contribution >= 0.6 is 0 Å². The Morgan fingerprint density at radius 2 is 2.22 bits per heavy atom. The quantitative estimate of drug-likeness (QED) is 0.736. The number of carboxylic acid groups (broad SMARTS) is 1. The number of fused-ring (bicyclic) bond motifs is 1. The first-order chi connectivity index (χ1) is 8.45. The van der Waals surface area contributed by atoms with Crippen LogP contribution in [0.5, 0.6) is 6.01 Å². The van der Waals surface area contributed by atoms with E-state index >= 15 is 0 Å². The third kappa shape index (κ3) is 1.71. The van der Waals surface area contributed by atoms with Gasteiger partial charge in [0.05, 0.1) is 25.0 Å². The van der Waals surface area contributed by atoms with Crippen LogP contribution in [0.25, 0.3) is 0 Å². The average molecular weight is 253 g/mol. The lowest BCUT2D eigenvalue weighted by molar-refractivity contribution is -0.138. The zero-order valence-corrected chi connectivity index (χ0v) is 9.76. The van der Waals surface area contributed by atoms with E-state index in [4.69, 9.17) is 9.84 Å². The zero-order chi connectivity index (χ0) is 13.4. The summed E-state index contributed by atoms with van der Waals surface area (Å²) in [7, 11) is 2.79. The lowest BCUT2D eigenvalue weighted by Crippen LogP contribution is -2.25. The van der Waals surface area contributed by atoms with Gasteiger partial charge in [0.2, 0.25) is 5.91 Å². The highest BCUT2D eigenvalue weighted by molar-refractivity contribution is 6.03. The van der Waals surface area contributed by atoms with Gasteiger partial charge in [-0.3, -0.25) is 19.0 Å². The average Bonchev–Trinajstić information content (AvgIpc) is 2.60. The van der Waals surface area contributed by atoms with Gasteiger partial charge in [-0.05, 0) is 0 Å². The number of rotatable bonds is 3. The van der Waals surface area contributed by atoms with Crippen LogP contribution in [0.2, 0.25) is 0 Å². The highest BCUT2D eigenvalue weighted by atomic mass is 16.5. The fourth-order valence-electron chi connectivity index (χ4n) is 1.90. The molecule has 1 atom stereocenters. The van der Waals surface area contributed by atoms with Gasteiger partial charge in [0.25, 0.3) is 5.56 Å². The van der Waals surface area contributed by atoms with Crippen molar-refractivity contribution in [2.24, 2.45) is 7.05 Å². The minimum absolute atomic E-state index is 0.0509. The third-order valence-electron chi connectivity index (χ3n) is 2.75. The van der Waals surface area contributed by atoms with E-state index in [1.54, 1.807) is 0 Å². The molecule has 1 aromatic heterocycles. The minimum atomic E-state index is -1.15. The van der Waals surface area contributed by atoms with E-state index < -0.39 is 29.8 Å². The molecule has 96 valence electrons. The number of methoxy groups -OCH3 is 1. The van der Waals surface area contributed by atoms with Gasteiger partial charge >= 0.3 is 12.0 Å². The van der Waals surface area contributed by atoms with E-state index in [9.17, 15) is 14.4 Å². The maximum absolute atomic E-state index is 12.0. The van der Waals surface area contributed by atoms with Crippen molar-refractivity contribution in [2.75, 3.05) is 12.4 Å². The lowest BCUT2D eigenvalue weighted by Gasteiger charge is -2.09. The van der Waals surface area contributed by atoms with E-state index in [-0.39, 0.29) is 17.4 Å². The number of hydrogen-bond donors (Lipinski definition) is 2. The van der Waals surface area contributed by atoms with Crippen LogP contribution in [0.4, 0.5) is 5.82 Å². The Labute approximate surface area is 101 Å². The Morgan fingerprint density at radius 3 is 2.78 bits per heavy atom. The van der Waals surface area contributed by atoms with E-state index in [1.165, 1.54) is 14.2 Å². The van der Waals surface area contributed by atoms with Crippen LogP contribution in [0, 0.1) is 0 Å². The van der Waals surface area contributed by atoms with Gasteiger partial charge in [-0.15, -0.1) is 0 Å². The normalized spacial score (nSPS) is 17.2. The summed E-state index contributed by atoms with van der Waals surface area (Å²) in [6.45, 7) is 0. The molecule has 1 amide bonds. The molecule has 0 saturated carbocycles. The first-order valence-corrected chi connectivity index (χ1v) is 5.13. The van der Waals surface area contributed by atoms with Crippen LogP contribution in [0.15, 0.2) is 4.79 Å². The van der Waals surface area contributed by atoms with Gasteiger partial charge in [0.1, 0.15) is 5.82 Å². The van der Waals surface area contributed by atoms with Gasteiger partial charge in [-0.2, -0.15) is 4.98 Å². The molecule has 0 aliphatic carbocycles. The van der Waals surface area contributed by atoms with Crippen molar-refractivity contribution in [2.45, 2.75) is 12.3 Å². The first kappa shape index (κ1) is 12.1. The number of aromatic nitrogens is 2. The molecule has 0 spiro atoms. The maximum atomic E-state index is 12.0. The maximum Gasteiger partial charge on any atom is 0.304 e. The Balaban J connectivity index is 2.59. The predicted octanol–water partition coefficient (Wildman–Crippen LogP) is -0.701. The molecule has 0 saturated heterocycles. The van der Waals surface area contributed by atoms with E-state index in [1.807, 2.05) is 0 Å². The van der Waals surface area contributed by atoms with Crippen LogP contribution in [0.3, 0.4) is 0 Å². The zero-order valence-electron chi connectivity index (χ0n) is 9.76. The molecule has 0 radical (unpaired) electrons. The van der Waals surface area contributed by atoms with E-state index in [0.717, 1.165) is 4.57 Å². The summed E-state index contributed by atoms with van der Waals surface area (Å²) in [6.07, 6.45) is -0.442. The topological polar surface area (TPSA) is 111 Å². The summed E-state index contributed by atoms with van der Waals surface area (Å²) in [6, 6.07) is 0.0509. The summed E-state index contributed by atoms with van der Waals surface area (Å²) in [5, 5.41) is 11.1.